The fourth-order valence-electron chi connectivity index (χ4n) is 2.08. The van der Waals surface area contributed by atoms with Crippen LogP contribution in [0.3, 0.4) is 0 Å². The Morgan fingerprint density at radius 1 is 1.22 bits per heavy atom. The average Bonchev–Trinajstić information content (AvgIpc) is 2.84. The van der Waals surface area contributed by atoms with Gasteiger partial charge in [-0.05, 0) is 23.8 Å². The van der Waals surface area contributed by atoms with Crippen molar-refractivity contribution in [3.05, 3.63) is 60.0 Å². The molecule has 2 aromatic heterocycles. The Kier molecular flexibility index (Phi) is 2.57. The first-order valence-electron chi connectivity index (χ1n) is 5.83. The Hall–Kier alpha value is -2.20. The third-order valence-corrected chi connectivity index (χ3v) is 3.07. The largest absolute Gasteiger partial charge is 0.320 e. The van der Waals surface area contributed by atoms with Gasteiger partial charge in [0.25, 0.3) is 0 Å². The molecule has 0 fully saturated rings. The molecule has 0 amide bonds. The van der Waals surface area contributed by atoms with Crippen molar-refractivity contribution >= 4 is 10.9 Å². The number of fused-ring (bicyclic) bond motifs is 1. The van der Waals surface area contributed by atoms with Crippen LogP contribution in [0, 0.1) is 0 Å². The first-order valence-corrected chi connectivity index (χ1v) is 5.83. The Labute approximate surface area is 105 Å². The number of aromatic nitrogens is 3. The van der Waals surface area contributed by atoms with Crippen molar-refractivity contribution in [3.8, 4) is 0 Å². The van der Waals surface area contributed by atoms with Gasteiger partial charge in [0, 0.05) is 30.4 Å². The number of hydrogen-bond donors (Lipinski definition) is 1. The van der Waals surface area contributed by atoms with Gasteiger partial charge in [-0.2, -0.15) is 5.10 Å². The standard InChI is InChI=1S/C14H14N4/c1-18-9-12(8-17-18)14(15)11-4-5-13-10(7-11)3-2-6-16-13/h2-9,14H,15H2,1H3. The van der Waals surface area contributed by atoms with E-state index in [1.807, 2.05) is 37.5 Å². The molecule has 3 aromatic rings. The van der Waals surface area contributed by atoms with Gasteiger partial charge in [0.1, 0.15) is 0 Å². The molecule has 0 bridgehead atoms. The van der Waals surface area contributed by atoms with Crippen molar-refractivity contribution in [2.75, 3.05) is 0 Å². The van der Waals surface area contributed by atoms with Crippen LogP contribution >= 0.6 is 0 Å². The molecule has 3 rings (SSSR count). The first-order chi connectivity index (χ1) is 8.74. The minimum absolute atomic E-state index is 0.150. The first kappa shape index (κ1) is 10.9. The van der Waals surface area contributed by atoms with E-state index in [1.54, 1.807) is 17.1 Å². The summed E-state index contributed by atoms with van der Waals surface area (Å²) in [4.78, 5) is 4.30. The van der Waals surface area contributed by atoms with Gasteiger partial charge >= 0.3 is 0 Å². The third-order valence-electron chi connectivity index (χ3n) is 3.07. The highest BCUT2D eigenvalue weighted by atomic mass is 15.2. The number of rotatable bonds is 2. The van der Waals surface area contributed by atoms with Crippen molar-refractivity contribution in [2.45, 2.75) is 6.04 Å². The SMILES string of the molecule is Cn1cc(C(N)c2ccc3ncccc3c2)cn1. The van der Waals surface area contributed by atoms with E-state index in [4.69, 9.17) is 5.73 Å². The average molecular weight is 238 g/mol. The van der Waals surface area contributed by atoms with Crippen molar-refractivity contribution in [1.82, 2.24) is 14.8 Å². The van der Waals surface area contributed by atoms with Crippen LogP contribution < -0.4 is 5.73 Å². The van der Waals surface area contributed by atoms with Gasteiger partial charge in [-0.3, -0.25) is 9.67 Å². The van der Waals surface area contributed by atoms with E-state index in [0.29, 0.717) is 0 Å². The summed E-state index contributed by atoms with van der Waals surface area (Å²) >= 11 is 0. The lowest BCUT2D eigenvalue weighted by molar-refractivity contribution is 0.765. The van der Waals surface area contributed by atoms with Gasteiger partial charge in [0.05, 0.1) is 17.8 Å². The zero-order valence-corrected chi connectivity index (χ0v) is 10.1. The highest BCUT2D eigenvalue weighted by molar-refractivity contribution is 5.79. The summed E-state index contributed by atoms with van der Waals surface area (Å²) in [5, 5.41) is 5.26. The molecule has 1 aromatic carbocycles. The molecule has 4 nitrogen and oxygen atoms in total. The predicted octanol–water partition coefficient (Wildman–Crippen LogP) is 2.02. The smallest absolute Gasteiger partial charge is 0.0702 e. The van der Waals surface area contributed by atoms with E-state index in [9.17, 15) is 0 Å². The van der Waals surface area contributed by atoms with Crippen LogP contribution in [0.5, 0.6) is 0 Å². The Morgan fingerprint density at radius 2 is 2.11 bits per heavy atom. The molecule has 0 aliphatic rings. The van der Waals surface area contributed by atoms with Crippen molar-refractivity contribution in [3.63, 3.8) is 0 Å². The molecule has 1 unspecified atom stereocenters. The highest BCUT2D eigenvalue weighted by Crippen LogP contribution is 2.22. The fraction of sp³-hybridized carbons (Fsp3) is 0.143. The molecule has 18 heavy (non-hydrogen) atoms. The lowest BCUT2D eigenvalue weighted by Crippen LogP contribution is -2.11. The second-order valence-corrected chi connectivity index (χ2v) is 4.38. The number of pyridine rings is 1. The third kappa shape index (κ3) is 1.87. The predicted molar refractivity (Wildman–Crippen MR) is 71.0 cm³/mol. The lowest BCUT2D eigenvalue weighted by atomic mass is 10.0. The maximum absolute atomic E-state index is 6.25. The molecule has 90 valence electrons. The minimum Gasteiger partial charge on any atom is -0.320 e. The summed E-state index contributed by atoms with van der Waals surface area (Å²) in [5.41, 5.74) is 9.32. The van der Waals surface area contributed by atoms with Crippen LogP contribution in [0.2, 0.25) is 0 Å². The number of benzene rings is 1. The molecule has 4 heteroatoms. The van der Waals surface area contributed by atoms with Crippen LogP contribution in [-0.2, 0) is 7.05 Å². The zero-order chi connectivity index (χ0) is 12.5. The lowest BCUT2D eigenvalue weighted by Gasteiger charge is -2.10. The second-order valence-electron chi connectivity index (χ2n) is 4.38. The molecule has 0 saturated heterocycles. The summed E-state index contributed by atoms with van der Waals surface area (Å²) in [6.07, 6.45) is 5.54. The summed E-state index contributed by atoms with van der Waals surface area (Å²) in [6, 6.07) is 9.93. The Balaban J connectivity index is 2.03. The van der Waals surface area contributed by atoms with Crippen molar-refractivity contribution in [1.29, 1.82) is 0 Å². The summed E-state index contributed by atoms with van der Waals surface area (Å²) in [5.74, 6) is 0. The Morgan fingerprint density at radius 3 is 2.89 bits per heavy atom. The van der Waals surface area contributed by atoms with Gasteiger partial charge in [-0.1, -0.05) is 12.1 Å². The molecule has 0 radical (unpaired) electrons. The van der Waals surface area contributed by atoms with Crippen LogP contribution in [0.4, 0.5) is 0 Å². The summed E-state index contributed by atoms with van der Waals surface area (Å²) < 4.78 is 1.76. The topological polar surface area (TPSA) is 56.7 Å². The van der Waals surface area contributed by atoms with E-state index in [2.05, 4.69) is 16.1 Å². The fourth-order valence-corrected chi connectivity index (χ4v) is 2.08. The molecule has 0 spiro atoms. The van der Waals surface area contributed by atoms with Gasteiger partial charge in [-0.25, -0.2) is 0 Å². The molecular weight excluding hydrogens is 224 g/mol. The number of nitrogens with two attached hydrogens (primary N) is 1. The normalized spacial score (nSPS) is 12.8. The molecule has 0 aliphatic heterocycles. The van der Waals surface area contributed by atoms with Crippen molar-refractivity contribution < 1.29 is 0 Å². The van der Waals surface area contributed by atoms with Crippen LogP contribution in [-0.4, -0.2) is 14.8 Å². The molecule has 0 aliphatic carbocycles. The number of aryl methyl sites for hydroxylation is 1. The molecule has 2 heterocycles. The monoisotopic (exact) mass is 238 g/mol. The maximum Gasteiger partial charge on any atom is 0.0702 e. The quantitative estimate of drug-likeness (QED) is 0.743. The maximum atomic E-state index is 6.25. The van der Waals surface area contributed by atoms with Crippen LogP contribution in [0.1, 0.15) is 17.2 Å². The van der Waals surface area contributed by atoms with E-state index < -0.39 is 0 Å². The summed E-state index contributed by atoms with van der Waals surface area (Å²) in [7, 11) is 1.89. The van der Waals surface area contributed by atoms with Crippen molar-refractivity contribution in [2.24, 2.45) is 12.8 Å². The van der Waals surface area contributed by atoms with Gasteiger partial charge < -0.3 is 5.73 Å². The molecule has 1 atom stereocenters. The van der Waals surface area contributed by atoms with Gasteiger partial charge in [0.2, 0.25) is 0 Å². The highest BCUT2D eigenvalue weighted by Gasteiger charge is 2.11. The second kappa shape index (κ2) is 4.23. The molecular formula is C14H14N4. The van der Waals surface area contributed by atoms with E-state index in [0.717, 1.165) is 22.0 Å². The van der Waals surface area contributed by atoms with Crippen LogP contribution in [0.25, 0.3) is 10.9 Å². The van der Waals surface area contributed by atoms with Gasteiger partial charge in [0.15, 0.2) is 0 Å². The molecule has 2 N–H and O–H groups in total. The minimum atomic E-state index is -0.150. The zero-order valence-electron chi connectivity index (χ0n) is 10.1. The molecule has 0 saturated carbocycles. The van der Waals surface area contributed by atoms with E-state index in [-0.39, 0.29) is 6.04 Å². The number of hydrogen-bond acceptors (Lipinski definition) is 3. The van der Waals surface area contributed by atoms with Gasteiger partial charge in [-0.15, -0.1) is 0 Å². The summed E-state index contributed by atoms with van der Waals surface area (Å²) in [6.45, 7) is 0. The Bertz CT molecular complexity index is 687. The number of nitrogens with zero attached hydrogens (tertiary/aromatic N) is 3. The van der Waals surface area contributed by atoms with Crippen LogP contribution in [0.15, 0.2) is 48.9 Å². The van der Waals surface area contributed by atoms with E-state index in [1.165, 1.54) is 0 Å². The van der Waals surface area contributed by atoms with E-state index >= 15 is 0 Å².